The fourth-order valence-corrected chi connectivity index (χ4v) is 1.62. The van der Waals surface area contributed by atoms with Crippen LogP contribution in [-0.4, -0.2) is 11.2 Å². The van der Waals surface area contributed by atoms with Gasteiger partial charge >= 0.3 is 0 Å². The fourth-order valence-electron chi connectivity index (χ4n) is 1.14. The summed E-state index contributed by atoms with van der Waals surface area (Å²) in [6.07, 6.45) is -0.477. The second-order valence-electron chi connectivity index (χ2n) is 2.79. The first-order chi connectivity index (χ1) is 5.04. The molecule has 0 aromatic rings. The van der Waals surface area contributed by atoms with Crippen molar-refractivity contribution in [1.29, 1.82) is 0 Å². The van der Waals surface area contributed by atoms with Gasteiger partial charge in [0.05, 0.1) is 0 Å². The van der Waals surface area contributed by atoms with Gasteiger partial charge in [0.2, 0.25) is 0 Å². The van der Waals surface area contributed by atoms with E-state index < -0.39 is 6.10 Å². The lowest BCUT2D eigenvalue weighted by Crippen LogP contribution is -2.14. The fraction of sp³-hybridized carbons (Fsp3) is 0.500. The third-order valence-electron chi connectivity index (χ3n) is 1.85. The standard InChI is InChI=1S/C8H10FIO/c1-4-3-6(11)7(9)5(2)8(4)10/h6,11H,3H2,1-2H3. The highest BCUT2D eigenvalue weighted by molar-refractivity contribution is 14.1. The van der Waals surface area contributed by atoms with Crippen molar-refractivity contribution in [1.82, 2.24) is 0 Å². The van der Waals surface area contributed by atoms with Crippen molar-refractivity contribution >= 4 is 22.6 Å². The van der Waals surface area contributed by atoms with Crippen LogP contribution in [0.5, 0.6) is 0 Å². The highest BCUT2D eigenvalue weighted by atomic mass is 127. The maximum absolute atomic E-state index is 13.0. The number of hydrogen-bond acceptors (Lipinski definition) is 1. The minimum atomic E-state index is -0.909. The van der Waals surface area contributed by atoms with Gasteiger partial charge in [-0.2, -0.15) is 0 Å². The van der Waals surface area contributed by atoms with E-state index in [1.807, 2.05) is 6.92 Å². The highest BCUT2D eigenvalue weighted by Gasteiger charge is 2.22. The zero-order valence-electron chi connectivity index (χ0n) is 6.49. The summed E-state index contributed by atoms with van der Waals surface area (Å²) in [4.78, 5) is 0. The molecule has 1 aliphatic carbocycles. The SMILES string of the molecule is CC1=C(I)C(C)=C(F)C(O)C1. The van der Waals surface area contributed by atoms with Crippen molar-refractivity contribution < 1.29 is 9.50 Å². The summed E-state index contributed by atoms with van der Waals surface area (Å²) in [6, 6.07) is 0. The van der Waals surface area contributed by atoms with Crippen molar-refractivity contribution in [3.05, 3.63) is 20.6 Å². The van der Waals surface area contributed by atoms with E-state index in [0.29, 0.717) is 12.0 Å². The van der Waals surface area contributed by atoms with E-state index in [1.165, 1.54) is 0 Å². The molecule has 1 N–H and O–H groups in total. The number of aliphatic hydroxyl groups excluding tert-OH is 1. The van der Waals surface area contributed by atoms with E-state index in [1.54, 1.807) is 6.92 Å². The average Bonchev–Trinajstić information content (AvgIpc) is 1.97. The summed E-state index contributed by atoms with van der Waals surface area (Å²) in [5.41, 5.74) is 1.65. The quantitative estimate of drug-likeness (QED) is 0.670. The van der Waals surface area contributed by atoms with E-state index in [2.05, 4.69) is 22.6 Å². The molecule has 0 heterocycles. The molecule has 3 heteroatoms. The van der Waals surface area contributed by atoms with Crippen LogP contribution in [0.4, 0.5) is 4.39 Å². The van der Waals surface area contributed by atoms with Gasteiger partial charge < -0.3 is 5.11 Å². The van der Waals surface area contributed by atoms with Crippen LogP contribution in [0.3, 0.4) is 0 Å². The molecular weight excluding hydrogens is 258 g/mol. The molecule has 0 aliphatic heterocycles. The van der Waals surface area contributed by atoms with Crippen molar-refractivity contribution in [2.45, 2.75) is 26.4 Å². The second-order valence-corrected chi connectivity index (χ2v) is 3.87. The Morgan fingerprint density at radius 2 is 2.09 bits per heavy atom. The van der Waals surface area contributed by atoms with Crippen LogP contribution < -0.4 is 0 Å². The number of allylic oxidation sites excluding steroid dienone is 2. The number of halogens is 2. The summed E-state index contributed by atoms with van der Waals surface area (Å²) in [5, 5.41) is 9.17. The Morgan fingerprint density at radius 1 is 1.55 bits per heavy atom. The molecule has 1 nitrogen and oxygen atoms in total. The minimum absolute atomic E-state index is 0.375. The van der Waals surface area contributed by atoms with Gasteiger partial charge in [-0.15, -0.1) is 0 Å². The lowest BCUT2D eigenvalue weighted by molar-refractivity contribution is 0.178. The summed E-state index contributed by atoms with van der Waals surface area (Å²) in [5.74, 6) is -0.375. The van der Waals surface area contributed by atoms with Gasteiger partial charge in [0, 0.05) is 10.0 Å². The van der Waals surface area contributed by atoms with Gasteiger partial charge in [0.1, 0.15) is 11.9 Å². The summed E-state index contributed by atoms with van der Waals surface area (Å²) >= 11 is 2.10. The largest absolute Gasteiger partial charge is 0.386 e. The molecule has 0 amide bonds. The smallest absolute Gasteiger partial charge is 0.133 e. The Morgan fingerprint density at radius 3 is 2.64 bits per heavy atom. The maximum atomic E-state index is 13.0. The third-order valence-corrected chi connectivity index (χ3v) is 3.58. The molecule has 0 aromatic heterocycles. The van der Waals surface area contributed by atoms with Gasteiger partial charge in [-0.1, -0.05) is 5.57 Å². The predicted molar refractivity (Wildman–Crippen MR) is 51.2 cm³/mol. The third kappa shape index (κ3) is 1.64. The van der Waals surface area contributed by atoms with Crippen LogP contribution in [-0.2, 0) is 0 Å². The van der Waals surface area contributed by atoms with Crippen LogP contribution in [0.1, 0.15) is 20.3 Å². The number of rotatable bonds is 0. The number of hydrogen-bond donors (Lipinski definition) is 1. The number of aliphatic hydroxyl groups is 1. The molecule has 0 bridgehead atoms. The molecule has 62 valence electrons. The molecule has 0 aromatic carbocycles. The van der Waals surface area contributed by atoms with Crippen molar-refractivity contribution in [3.63, 3.8) is 0 Å². The van der Waals surface area contributed by atoms with Crippen LogP contribution in [0.15, 0.2) is 20.6 Å². The molecule has 0 fully saturated rings. The maximum Gasteiger partial charge on any atom is 0.133 e. The highest BCUT2D eigenvalue weighted by Crippen LogP contribution is 2.34. The first-order valence-electron chi connectivity index (χ1n) is 3.44. The van der Waals surface area contributed by atoms with Gasteiger partial charge in [-0.05, 0) is 42.0 Å². The van der Waals surface area contributed by atoms with Crippen LogP contribution >= 0.6 is 22.6 Å². The lowest BCUT2D eigenvalue weighted by Gasteiger charge is -2.19. The van der Waals surface area contributed by atoms with E-state index in [-0.39, 0.29) is 5.83 Å². The first kappa shape index (κ1) is 9.19. The Kier molecular flexibility index (Phi) is 2.70. The molecule has 1 rings (SSSR count). The van der Waals surface area contributed by atoms with Crippen molar-refractivity contribution in [3.8, 4) is 0 Å². The van der Waals surface area contributed by atoms with Gasteiger partial charge in [0.15, 0.2) is 0 Å². The van der Waals surface area contributed by atoms with Crippen molar-refractivity contribution in [2.24, 2.45) is 0 Å². The zero-order valence-corrected chi connectivity index (χ0v) is 8.65. The summed E-state index contributed by atoms with van der Waals surface area (Å²) < 4.78 is 13.9. The molecule has 11 heavy (non-hydrogen) atoms. The topological polar surface area (TPSA) is 20.2 Å². The molecule has 0 spiro atoms. The second kappa shape index (κ2) is 3.23. The normalized spacial score (nSPS) is 26.5. The van der Waals surface area contributed by atoms with Crippen LogP contribution in [0.2, 0.25) is 0 Å². The Balaban J connectivity index is 3.07. The van der Waals surface area contributed by atoms with E-state index in [4.69, 9.17) is 5.11 Å². The Bertz CT molecular complexity index is 242. The molecule has 0 saturated heterocycles. The average molecular weight is 268 g/mol. The Hall–Kier alpha value is 0.1000. The lowest BCUT2D eigenvalue weighted by atomic mass is 9.98. The van der Waals surface area contributed by atoms with Crippen LogP contribution in [0, 0.1) is 0 Å². The Labute approximate surface area is 79.1 Å². The molecule has 0 radical (unpaired) electrons. The van der Waals surface area contributed by atoms with Gasteiger partial charge in [0.25, 0.3) is 0 Å². The molecule has 0 saturated carbocycles. The van der Waals surface area contributed by atoms with Crippen LogP contribution in [0.25, 0.3) is 0 Å². The molecule has 1 unspecified atom stereocenters. The van der Waals surface area contributed by atoms with Gasteiger partial charge in [-0.25, -0.2) is 4.39 Å². The predicted octanol–water partition coefficient (Wildman–Crippen LogP) is 2.70. The van der Waals surface area contributed by atoms with E-state index in [9.17, 15) is 4.39 Å². The first-order valence-corrected chi connectivity index (χ1v) is 4.52. The summed E-state index contributed by atoms with van der Waals surface area (Å²) in [7, 11) is 0. The van der Waals surface area contributed by atoms with E-state index in [0.717, 1.165) is 9.15 Å². The summed E-state index contributed by atoms with van der Waals surface area (Å²) in [6.45, 7) is 3.62. The van der Waals surface area contributed by atoms with E-state index >= 15 is 0 Å². The monoisotopic (exact) mass is 268 g/mol. The zero-order chi connectivity index (χ0) is 8.59. The minimum Gasteiger partial charge on any atom is -0.386 e. The molecular formula is C8H10FIO. The van der Waals surface area contributed by atoms with Gasteiger partial charge in [-0.3, -0.25) is 0 Å². The molecule has 1 aliphatic rings. The molecule has 1 atom stereocenters. The van der Waals surface area contributed by atoms with Crippen molar-refractivity contribution in [2.75, 3.05) is 0 Å².